The molecule has 1 aliphatic heterocycles. The highest BCUT2D eigenvalue weighted by molar-refractivity contribution is 6.04. The quantitative estimate of drug-likeness (QED) is 0.851. The number of ether oxygens (including phenoxy) is 1. The number of rotatable bonds is 5. The minimum absolute atomic E-state index is 0.0240. The second-order valence-electron chi connectivity index (χ2n) is 7.46. The van der Waals surface area contributed by atoms with E-state index in [0.29, 0.717) is 30.3 Å². The lowest BCUT2D eigenvalue weighted by atomic mass is 10.1. The van der Waals surface area contributed by atoms with Gasteiger partial charge in [0, 0.05) is 29.9 Å². The maximum Gasteiger partial charge on any atom is 0.263 e. The molecule has 0 radical (unpaired) electrons. The predicted molar refractivity (Wildman–Crippen MR) is 104 cm³/mol. The normalized spacial score (nSPS) is 18.9. The molecule has 1 unspecified atom stereocenters. The van der Waals surface area contributed by atoms with E-state index in [-0.39, 0.29) is 17.4 Å². The molecule has 6 heteroatoms. The number of nitrogens with zero attached hydrogens (tertiary/aromatic N) is 1. The number of nitrogens with one attached hydrogen (secondary N) is 1. The van der Waals surface area contributed by atoms with Crippen LogP contribution in [0.1, 0.15) is 42.1 Å². The molecule has 0 bridgehead atoms. The number of halogens is 1. The van der Waals surface area contributed by atoms with Crippen molar-refractivity contribution in [2.24, 2.45) is 5.92 Å². The number of carbonyl (C=O) groups excluding carboxylic acids is 2. The lowest BCUT2D eigenvalue weighted by Crippen LogP contribution is -2.40. The van der Waals surface area contributed by atoms with Gasteiger partial charge in [0.15, 0.2) is 6.10 Å². The smallest absolute Gasteiger partial charge is 0.263 e. The fourth-order valence-electron chi connectivity index (χ4n) is 3.44. The van der Waals surface area contributed by atoms with E-state index in [4.69, 9.17) is 4.74 Å². The Bertz CT molecular complexity index is 910. The van der Waals surface area contributed by atoms with Gasteiger partial charge in [0.05, 0.1) is 0 Å². The molecule has 0 aromatic heterocycles. The van der Waals surface area contributed by atoms with Gasteiger partial charge >= 0.3 is 0 Å². The highest BCUT2D eigenvalue weighted by Gasteiger charge is 2.33. The first-order chi connectivity index (χ1) is 13.5. The lowest BCUT2D eigenvalue weighted by molar-refractivity contribution is -0.138. The van der Waals surface area contributed by atoms with E-state index in [1.165, 1.54) is 18.2 Å². The minimum Gasteiger partial charge on any atom is -0.480 e. The van der Waals surface area contributed by atoms with Crippen molar-refractivity contribution in [2.75, 3.05) is 11.9 Å². The molecule has 1 N–H and O–H groups in total. The Labute approximate surface area is 163 Å². The van der Waals surface area contributed by atoms with Crippen LogP contribution in [0.5, 0.6) is 5.75 Å². The van der Waals surface area contributed by atoms with Crippen molar-refractivity contribution in [1.82, 2.24) is 4.90 Å². The lowest BCUT2D eigenvalue weighted by Gasteiger charge is -2.23. The van der Waals surface area contributed by atoms with Crippen molar-refractivity contribution in [3.05, 3.63) is 59.4 Å². The Morgan fingerprint density at radius 1 is 1.25 bits per heavy atom. The Kier molecular flexibility index (Phi) is 5.03. The molecule has 0 saturated heterocycles. The third-order valence-electron chi connectivity index (χ3n) is 5.17. The van der Waals surface area contributed by atoms with Crippen LogP contribution in [0.25, 0.3) is 0 Å². The summed E-state index contributed by atoms with van der Waals surface area (Å²) in [6, 6.07) is 10.9. The molecule has 1 saturated carbocycles. The number of hydrogen-bond donors (Lipinski definition) is 1. The molecule has 1 aliphatic carbocycles. The van der Waals surface area contributed by atoms with E-state index in [0.717, 1.165) is 24.9 Å². The zero-order chi connectivity index (χ0) is 19.7. The first-order valence-electron chi connectivity index (χ1n) is 9.68. The molecule has 146 valence electrons. The number of amides is 2. The van der Waals surface area contributed by atoms with Gasteiger partial charge in [0.25, 0.3) is 11.8 Å². The van der Waals surface area contributed by atoms with Gasteiger partial charge in [-0.15, -0.1) is 0 Å². The maximum absolute atomic E-state index is 13.4. The van der Waals surface area contributed by atoms with Gasteiger partial charge in [-0.25, -0.2) is 4.39 Å². The summed E-state index contributed by atoms with van der Waals surface area (Å²) in [4.78, 5) is 27.1. The van der Waals surface area contributed by atoms with Crippen LogP contribution in [0.15, 0.2) is 42.5 Å². The van der Waals surface area contributed by atoms with Crippen LogP contribution >= 0.6 is 0 Å². The molecule has 1 fully saturated rings. The summed E-state index contributed by atoms with van der Waals surface area (Å²) in [7, 11) is 0. The third-order valence-corrected chi connectivity index (χ3v) is 5.17. The minimum atomic E-state index is -0.479. The Morgan fingerprint density at radius 3 is 2.79 bits per heavy atom. The standard InChI is InChI=1S/C22H23FN2O3/c1-2-19-22(27)25(12-14-6-7-14)13-16-11-18(8-9-20(16)28-19)24-21(26)15-4-3-5-17(23)10-15/h3-5,8-11,14,19H,2,6-7,12-13H2,1H3,(H,24,26). The Balaban J connectivity index is 1.56. The first kappa shape index (κ1) is 18.5. The van der Waals surface area contributed by atoms with Crippen molar-refractivity contribution in [2.45, 2.75) is 38.8 Å². The second-order valence-corrected chi connectivity index (χ2v) is 7.46. The molecule has 2 amide bonds. The van der Waals surface area contributed by atoms with Crippen LogP contribution in [0, 0.1) is 11.7 Å². The summed E-state index contributed by atoms with van der Waals surface area (Å²) in [5.74, 6) is 0.436. The average molecular weight is 382 g/mol. The summed E-state index contributed by atoms with van der Waals surface area (Å²) in [5, 5.41) is 2.80. The SMILES string of the molecule is CCC1Oc2ccc(NC(=O)c3cccc(F)c3)cc2CN(CC2CC2)C1=O. The number of benzene rings is 2. The Hall–Kier alpha value is -2.89. The van der Waals surface area contributed by atoms with E-state index in [9.17, 15) is 14.0 Å². The van der Waals surface area contributed by atoms with Gasteiger partial charge in [-0.2, -0.15) is 0 Å². The molecule has 5 nitrogen and oxygen atoms in total. The van der Waals surface area contributed by atoms with Gasteiger partial charge in [-0.3, -0.25) is 9.59 Å². The molecule has 4 rings (SSSR count). The molecule has 2 aliphatic rings. The van der Waals surface area contributed by atoms with Crippen molar-refractivity contribution in [1.29, 1.82) is 0 Å². The monoisotopic (exact) mass is 382 g/mol. The van der Waals surface area contributed by atoms with Crippen LogP contribution in [-0.2, 0) is 11.3 Å². The van der Waals surface area contributed by atoms with E-state index in [1.54, 1.807) is 18.2 Å². The van der Waals surface area contributed by atoms with Crippen LogP contribution in [0.3, 0.4) is 0 Å². The summed E-state index contributed by atoms with van der Waals surface area (Å²) >= 11 is 0. The zero-order valence-corrected chi connectivity index (χ0v) is 15.8. The summed E-state index contributed by atoms with van der Waals surface area (Å²) in [6.07, 6.45) is 2.46. The molecular weight excluding hydrogens is 359 g/mol. The number of hydrogen-bond acceptors (Lipinski definition) is 3. The topological polar surface area (TPSA) is 58.6 Å². The molecule has 1 atom stereocenters. The summed E-state index contributed by atoms with van der Waals surface area (Å²) in [5.41, 5.74) is 1.70. The van der Waals surface area contributed by atoms with Gasteiger partial charge < -0.3 is 15.0 Å². The van der Waals surface area contributed by atoms with Crippen LogP contribution < -0.4 is 10.1 Å². The molecule has 0 spiro atoms. The van der Waals surface area contributed by atoms with Crippen LogP contribution in [0.4, 0.5) is 10.1 Å². The van der Waals surface area contributed by atoms with Gasteiger partial charge in [0.1, 0.15) is 11.6 Å². The predicted octanol–water partition coefficient (Wildman–Crippen LogP) is 3.99. The fraction of sp³-hybridized carbons (Fsp3) is 0.364. The highest BCUT2D eigenvalue weighted by Crippen LogP contribution is 2.34. The van der Waals surface area contributed by atoms with E-state index < -0.39 is 11.9 Å². The van der Waals surface area contributed by atoms with E-state index in [1.807, 2.05) is 17.9 Å². The van der Waals surface area contributed by atoms with Crippen LogP contribution in [0.2, 0.25) is 0 Å². The molecule has 28 heavy (non-hydrogen) atoms. The second kappa shape index (κ2) is 7.62. The molecule has 2 aromatic rings. The molecule has 1 heterocycles. The largest absolute Gasteiger partial charge is 0.480 e. The van der Waals surface area contributed by atoms with Crippen molar-refractivity contribution in [3.8, 4) is 5.75 Å². The summed E-state index contributed by atoms with van der Waals surface area (Å²) < 4.78 is 19.3. The van der Waals surface area contributed by atoms with Gasteiger partial charge in [0.2, 0.25) is 0 Å². The fourth-order valence-corrected chi connectivity index (χ4v) is 3.44. The third kappa shape index (κ3) is 4.01. The van der Waals surface area contributed by atoms with Gasteiger partial charge in [-0.1, -0.05) is 13.0 Å². The Morgan fingerprint density at radius 2 is 2.07 bits per heavy atom. The summed E-state index contributed by atoms with van der Waals surface area (Å²) in [6.45, 7) is 3.15. The van der Waals surface area contributed by atoms with Crippen molar-refractivity contribution < 1.29 is 18.7 Å². The van der Waals surface area contributed by atoms with Crippen molar-refractivity contribution >= 4 is 17.5 Å². The van der Waals surface area contributed by atoms with Gasteiger partial charge in [-0.05, 0) is 61.6 Å². The molecular formula is C22H23FN2O3. The number of carbonyl (C=O) groups is 2. The van der Waals surface area contributed by atoms with E-state index in [2.05, 4.69) is 5.32 Å². The number of anilines is 1. The number of fused-ring (bicyclic) bond motifs is 1. The average Bonchev–Trinajstić information content (AvgIpc) is 3.51. The molecule has 2 aromatic carbocycles. The first-order valence-corrected chi connectivity index (χ1v) is 9.68. The zero-order valence-electron chi connectivity index (χ0n) is 15.8. The highest BCUT2D eigenvalue weighted by atomic mass is 19.1. The maximum atomic E-state index is 13.4. The van der Waals surface area contributed by atoms with Crippen molar-refractivity contribution in [3.63, 3.8) is 0 Å². The van der Waals surface area contributed by atoms with Crippen LogP contribution in [-0.4, -0.2) is 29.4 Å². The van der Waals surface area contributed by atoms with E-state index >= 15 is 0 Å².